The van der Waals surface area contributed by atoms with E-state index in [1.165, 1.54) is 7.11 Å². The molecule has 1 heterocycles. The maximum atomic E-state index is 13.0. The standard InChI is InChI=1S/C25H28ClNO5/c1-4-6-7-14-27-22(16-8-11-18(12-9-16)32-5-2)21(24(29)25(27)30)23(28)17-10-13-19(26)20(15-17)31-3/h8-13,15,22,28H,4-7,14H2,1-3H3/b23-21-. The SMILES string of the molecule is CCCCCN1C(=O)C(=O)/C(=C(\O)c2ccc(Cl)c(OC)c2)C1c1ccc(OCC)cc1. The number of carbonyl (C=O) groups excluding carboxylic acids is 2. The van der Waals surface area contributed by atoms with E-state index < -0.39 is 17.7 Å². The highest BCUT2D eigenvalue weighted by atomic mass is 35.5. The molecule has 0 saturated carbocycles. The molecule has 1 saturated heterocycles. The van der Waals surface area contributed by atoms with Crippen molar-refractivity contribution in [1.82, 2.24) is 4.90 Å². The number of aliphatic hydroxyl groups is 1. The summed E-state index contributed by atoms with van der Waals surface area (Å²) in [5.41, 5.74) is 1.14. The Bertz CT molecular complexity index is 1020. The first-order valence-corrected chi connectivity index (χ1v) is 11.2. The number of methoxy groups -OCH3 is 1. The van der Waals surface area contributed by atoms with Crippen LogP contribution in [0.25, 0.3) is 5.76 Å². The van der Waals surface area contributed by atoms with Gasteiger partial charge in [-0.15, -0.1) is 0 Å². The van der Waals surface area contributed by atoms with Gasteiger partial charge in [0.15, 0.2) is 0 Å². The van der Waals surface area contributed by atoms with Crippen molar-refractivity contribution in [2.24, 2.45) is 0 Å². The zero-order valence-corrected chi connectivity index (χ0v) is 19.3. The van der Waals surface area contributed by atoms with Gasteiger partial charge in [0.25, 0.3) is 11.7 Å². The first-order valence-electron chi connectivity index (χ1n) is 10.8. The molecule has 2 aromatic rings. The number of ether oxygens (including phenoxy) is 2. The third kappa shape index (κ3) is 4.75. The number of hydrogen-bond donors (Lipinski definition) is 1. The summed E-state index contributed by atoms with van der Waals surface area (Å²) in [6, 6.07) is 11.3. The third-order valence-corrected chi connectivity index (χ3v) is 5.79. The number of aliphatic hydroxyl groups excluding tert-OH is 1. The van der Waals surface area contributed by atoms with E-state index in [2.05, 4.69) is 6.92 Å². The number of benzene rings is 2. The van der Waals surface area contributed by atoms with Crippen molar-refractivity contribution in [3.05, 3.63) is 64.2 Å². The molecule has 1 amide bonds. The van der Waals surface area contributed by atoms with E-state index in [1.54, 1.807) is 35.2 Å². The molecule has 1 atom stereocenters. The minimum atomic E-state index is -0.702. The Hall–Kier alpha value is -2.99. The molecule has 2 aromatic carbocycles. The van der Waals surface area contributed by atoms with Crippen LogP contribution in [0.4, 0.5) is 0 Å². The normalized spacial score (nSPS) is 17.6. The molecule has 1 unspecified atom stereocenters. The molecule has 7 heteroatoms. The number of halogens is 1. The van der Waals surface area contributed by atoms with E-state index in [-0.39, 0.29) is 11.3 Å². The fourth-order valence-corrected chi connectivity index (χ4v) is 4.06. The van der Waals surface area contributed by atoms with Gasteiger partial charge in [0, 0.05) is 12.1 Å². The van der Waals surface area contributed by atoms with Crippen molar-refractivity contribution in [2.75, 3.05) is 20.3 Å². The lowest BCUT2D eigenvalue weighted by atomic mass is 9.95. The summed E-state index contributed by atoms with van der Waals surface area (Å²) in [6.07, 6.45) is 2.70. The molecule has 0 bridgehead atoms. The van der Waals surface area contributed by atoms with Crippen LogP contribution >= 0.6 is 11.6 Å². The number of rotatable bonds is 9. The van der Waals surface area contributed by atoms with E-state index in [1.807, 2.05) is 19.1 Å². The van der Waals surface area contributed by atoms with Crippen LogP contribution in [0, 0.1) is 0 Å². The summed E-state index contributed by atoms with van der Waals surface area (Å²) in [7, 11) is 1.47. The van der Waals surface area contributed by atoms with E-state index in [0.29, 0.717) is 35.2 Å². The van der Waals surface area contributed by atoms with Crippen LogP contribution in [0.15, 0.2) is 48.0 Å². The van der Waals surface area contributed by atoms with Crippen molar-refractivity contribution in [3.8, 4) is 11.5 Å². The third-order valence-electron chi connectivity index (χ3n) is 5.47. The largest absolute Gasteiger partial charge is 0.507 e. The fourth-order valence-electron chi connectivity index (χ4n) is 3.86. The first kappa shape index (κ1) is 23.7. The van der Waals surface area contributed by atoms with Gasteiger partial charge in [0.2, 0.25) is 0 Å². The molecular formula is C25H28ClNO5. The summed E-state index contributed by atoms with van der Waals surface area (Å²) in [5, 5.41) is 11.5. The molecule has 32 heavy (non-hydrogen) atoms. The summed E-state index contributed by atoms with van der Waals surface area (Å²) < 4.78 is 10.8. The Labute approximate surface area is 193 Å². The van der Waals surface area contributed by atoms with Crippen LogP contribution in [-0.2, 0) is 9.59 Å². The Balaban J connectivity index is 2.11. The zero-order valence-electron chi connectivity index (χ0n) is 18.6. The zero-order chi connectivity index (χ0) is 23.3. The second kappa shape index (κ2) is 10.6. The molecule has 0 aliphatic carbocycles. The Kier molecular flexibility index (Phi) is 7.80. The van der Waals surface area contributed by atoms with Crippen LogP contribution in [-0.4, -0.2) is 42.0 Å². The second-order valence-electron chi connectivity index (χ2n) is 7.55. The van der Waals surface area contributed by atoms with E-state index >= 15 is 0 Å². The predicted molar refractivity (Wildman–Crippen MR) is 124 cm³/mol. The number of Topliss-reactive ketones (excluding diaryl/α,β-unsaturated/α-hetero) is 1. The van der Waals surface area contributed by atoms with Gasteiger partial charge in [-0.2, -0.15) is 0 Å². The Morgan fingerprint density at radius 1 is 1.09 bits per heavy atom. The molecular weight excluding hydrogens is 430 g/mol. The monoisotopic (exact) mass is 457 g/mol. The van der Waals surface area contributed by atoms with Crippen LogP contribution in [0.2, 0.25) is 5.02 Å². The number of hydrogen-bond acceptors (Lipinski definition) is 5. The number of amides is 1. The molecule has 1 aliphatic heterocycles. The van der Waals surface area contributed by atoms with E-state index in [9.17, 15) is 14.7 Å². The summed E-state index contributed by atoms with van der Waals surface area (Å²) >= 11 is 6.11. The molecule has 1 aliphatic rings. The maximum Gasteiger partial charge on any atom is 0.295 e. The first-order chi connectivity index (χ1) is 15.4. The lowest BCUT2D eigenvalue weighted by Gasteiger charge is -2.25. The van der Waals surface area contributed by atoms with Gasteiger partial charge in [0.05, 0.1) is 30.4 Å². The van der Waals surface area contributed by atoms with Crippen LogP contribution in [0.1, 0.15) is 50.3 Å². The predicted octanol–water partition coefficient (Wildman–Crippen LogP) is 5.36. The maximum absolute atomic E-state index is 13.0. The molecule has 6 nitrogen and oxygen atoms in total. The second-order valence-corrected chi connectivity index (χ2v) is 7.96. The topological polar surface area (TPSA) is 76.1 Å². The highest BCUT2D eigenvalue weighted by molar-refractivity contribution is 6.46. The van der Waals surface area contributed by atoms with Crippen molar-refractivity contribution in [1.29, 1.82) is 0 Å². The summed E-state index contributed by atoms with van der Waals surface area (Å²) in [6.45, 7) is 4.94. The quantitative estimate of drug-likeness (QED) is 0.237. The molecule has 0 radical (unpaired) electrons. The Morgan fingerprint density at radius 3 is 2.44 bits per heavy atom. The minimum absolute atomic E-state index is 0.0556. The van der Waals surface area contributed by atoms with Gasteiger partial charge in [-0.1, -0.05) is 43.5 Å². The highest BCUT2D eigenvalue weighted by Crippen LogP contribution is 2.40. The molecule has 170 valence electrons. The van der Waals surface area contributed by atoms with Crippen molar-refractivity contribution in [3.63, 3.8) is 0 Å². The van der Waals surface area contributed by atoms with E-state index in [0.717, 1.165) is 24.8 Å². The fraction of sp³-hybridized carbons (Fsp3) is 0.360. The van der Waals surface area contributed by atoms with Crippen molar-refractivity contribution >= 4 is 29.1 Å². The molecule has 1 N–H and O–H groups in total. The minimum Gasteiger partial charge on any atom is -0.507 e. The molecule has 3 rings (SSSR count). The number of likely N-dealkylation sites (tertiary alicyclic amines) is 1. The van der Waals surface area contributed by atoms with Gasteiger partial charge < -0.3 is 19.5 Å². The average molecular weight is 458 g/mol. The summed E-state index contributed by atoms with van der Waals surface area (Å²) in [5.74, 6) is -0.503. The Morgan fingerprint density at radius 2 is 1.81 bits per heavy atom. The average Bonchev–Trinajstić information content (AvgIpc) is 3.05. The lowest BCUT2D eigenvalue weighted by Crippen LogP contribution is -2.30. The molecule has 1 fully saturated rings. The van der Waals surface area contributed by atoms with Crippen LogP contribution < -0.4 is 9.47 Å². The molecule has 0 aromatic heterocycles. The lowest BCUT2D eigenvalue weighted by molar-refractivity contribution is -0.139. The van der Waals surface area contributed by atoms with Crippen molar-refractivity contribution < 1.29 is 24.2 Å². The number of nitrogens with zero attached hydrogens (tertiary/aromatic N) is 1. The number of unbranched alkanes of at least 4 members (excludes halogenated alkanes) is 2. The highest BCUT2D eigenvalue weighted by Gasteiger charge is 2.45. The number of carbonyl (C=O) groups is 2. The molecule has 0 spiro atoms. The van der Waals surface area contributed by atoms with Crippen molar-refractivity contribution in [2.45, 2.75) is 39.2 Å². The van der Waals surface area contributed by atoms with Crippen LogP contribution in [0.3, 0.4) is 0 Å². The number of ketones is 1. The van der Waals surface area contributed by atoms with Gasteiger partial charge in [0.1, 0.15) is 17.3 Å². The van der Waals surface area contributed by atoms with E-state index in [4.69, 9.17) is 21.1 Å². The van der Waals surface area contributed by atoms with Gasteiger partial charge in [-0.3, -0.25) is 9.59 Å². The van der Waals surface area contributed by atoms with Gasteiger partial charge in [-0.05, 0) is 49.2 Å². The van der Waals surface area contributed by atoms with Gasteiger partial charge in [-0.25, -0.2) is 0 Å². The van der Waals surface area contributed by atoms with Crippen LogP contribution in [0.5, 0.6) is 11.5 Å². The van der Waals surface area contributed by atoms with Gasteiger partial charge >= 0.3 is 0 Å². The smallest absolute Gasteiger partial charge is 0.295 e. The summed E-state index contributed by atoms with van der Waals surface area (Å²) in [4.78, 5) is 27.5.